The summed E-state index contributed by atoms with van der Waals surface area (Å²) in [4.78, 5) is 0.978. The van der Waals surface area contributed by atoms with Gasteiger partial charge in [0.2, 0.25) is 5.88 Å². The number of rotatable bonds is 3. The van der Waals surface area contributed by atoms with Crippen molar-refractivity contribution in [3.63, 3.8) is 0 Å². The summed E-state index contributed by atoms with van der Waals surface area (Å²) in [6.45, 7) is 4.09. The minimum absolute atomic E-state index is 0. The van der Waals surface area contributed by atoms with E-state index in [1.54, 1.807) is 11.3 Å². The maximum atomic E-state index is 6.29. The third-order valence-electron chi connectivity index (χ3n) is 4.90. The molecular formula is C24H17IrN2OS-. The van der Waals surface area contributed by atoms with Crippen LogP contribution in [0.5, 0.6) is 11.6 Å². The van der Waals surface area contributed by atoms with Crippen LogP contribution in [-0.4, -0.2) is 10.2 Å². The van der Waals surface area contributed by atoms with Crippen LogP contribution in [0.2, 0.25) is 0 Å². The Bertz CT molecular complexity index is 1300. The molecule has 29 heavy (non-hydrogen) atoms. The molecule has 1 radical (unpaired) electrons. The zero-order chi connectivity index (χ0) is 19.1. The Morgan fingerprint density at radius 2 is 1.55 bits per heavy atom. The Morgan fingerprint density at radius 1 is 0.862 bits per heavy atom. The van der Waals surface area contributed by atoms with Gasteiger partial charge in [0.05, 0.1) is 0 Å². The molecule has 0 saturated carbocycles. The van der Waals surface area contributed by atoms with E-state index in [-0.39, 0.29) is 20.1 Å². The summed E-state index contributed by atoms with van der Waals surface area (Å²) in [5.74, 6) is 1.36. The van der Waals surface area contributed by atoms with Gasteiger partial charge in [-0.25, -0.2) is 16.4 Å². The number of ether oxygens (including phenoxy) is 1. The molecule has 2 heterocycles. The van der Waals surface area contributed by atoms with Crippen molar-refractivity contribution in [2.24, 2.45) is 0 Å². The van der Waals surface area contributed by atoms with E-state index in [1.807, 2.05) is 55.6 Å². The molecule has 0 aliphatic carbocycles. The molecule has 2 aromatic heterocycles. The first-order chi connectivity index (χ1) is 13.7. The summed E-state index contributed by atoms with van der Waals surface area (Å²) in [5, 5.41) is 15.3. The predicted octanol–water partition coefficient (Wildman–Crippen LogP) is 6.72. The van der Waals surface area contributed by atoms with Crippen LogP contribution in [0.25, 0.3) is 32.1 Å². The number of aromatic nitrogens is 2. The smallest absolute Gasteiger partial charge is 0.244 e. The van der Waals surface area contributed by atoms with Crippen LogP contribution in [0.3, 0.4) is 0 Å². The van der Waals surface area contributed by atoms with E-state index in [1.165, 1.54) is 5.39 Å². The number of aryl methyl sites for hydroxylation is 2. The molecule has 0 N–H and O–H groups in total. The largest absolute Gasteiger partial charge is 0.437 e. The molecule has 3 nitrogen and oxygen atoms in total. The molecule has 0 spiro atoms. The Balaban J connectivity index is 0.00000205. The van der Waals surface area contributed by atoms with Crippen LogP contribution in [-0.2, 0) is 20.1 Å². The van der Waals surface area contributed by atoms with E-state index >= 15 is 0 Å². The summed E-state index contributed by atoms with van der Waals surface area (Å²) < 4.78 is 6.29. The van der Waals surface area contributed by atoms with Crippen LogP contribution in [0, 0.1) is 19.9 Å². The summed E-state index contributed by atoms with van der Waals surface area (Å²) in [5.41, 5.74) is 2.99. The van der Waals surface area contributed by atoms with Crippen molar-refractivity contribution in [1.82, 2.24) is 10.2 Å². The molecule has 0 amide bonds. The molecule has 5 aromatic rings. The van der Waals surface area contributed by atoms with Gasteiger partial charge in [0.15, 0.2) is 0 Å². The van der Waals surface area contributed by atoms with Gasteiger partial charge in [-0.05, 0) is 47.2 Å². The SMILES string of the molecule is Cc1cccc(C)c1Oc1nnc(-c2[c-]ccs2)c2cc3ccccc3cc12.[Ir]. The van der Waals surface area contributed by atoms with E-state index < -0.39 is 0 Å². The number of thiophene rings is 1. The Morgan fingerprint density at radius 3 is 2.21 bits per heavy atom. The van der Waals surface area contributed by atoms with Crippen molar-refractivity contribution >= 4 is 32.9 Å². The van der Waals surface area contributed by atoms with Gasteiger partial charge >= 0.3 is 0 Å². The quantitative estimate of drug-likeness (QED) is 0.178. The Hall–Kier alpha value is -2.59. The molecule has 0 bridgehead atoms. The molecule has 0 fully saturated rings. The van der Waals surface area contributed by atoms with E-state index in [2.05, 4.69) is 40.5 Å². The van der Waals surface area contributed by atoms with E-state index in [9.17, 15) is 0 Å². The minimum atomic E-state index is 0. The second-order valence-electron chi connectivity index (χ2n) is 6.82. The van der Waals surface area contributed by atoms with Gasteiger partial charge in [0.1, 0.15) is 5.75 Å². The summed E-state index contributed by atoms with van der Waals surface area (Å²) in [7, 11) is 0. The van der Waals surface area contributed by atoms with Crippen molar-refractivity contribution < 1.29 is 24.8 Å². The first-order valence-corrected chi connectivity index (χ1v) is 9.97. The average molecular weight is 574 g/mol. The van der Waals surface area contributed by atoms with Crippen LogP contribution in [0.4, 0.5) is 0 Å². The van der Waals surface area contributed by atoms with Crippen molar-refractivity contribution in [3.8, 4) is 22.2 Å². The zero-order valence-electron chi connectivity index (χ0n) is 15.9. The topological polar surface area (TPSA) is 35.0 Å². The molecule has 0 aliphatic rings. The first-order valence-electron chi connectivity index (χ1n) is 9.09. The number of hydrogen-bond acceptors (Lipinski definition) is 4. The second kappa shape index (κ2) is 8.03. The molecule has 0 saturated heterocycles. The fourth-order valence-electron chi connectivity index (χ4n) is 3.49. The molecule has 0 atom stereocenters. The maximum absolute atomic E-state index is 6.29. The van der Waals surface area contributed by atoms with Crippen molar-refractivity contribution in [3.05, 3.63) is 83.2 Å². The number of benzene rings is 3. The van der Waals surface area contributed by atoms with Gasteiger partial charge in [-0.1, -0.05) is 53.4 Å². The Labute approximate surface area is 186 Å². The van der Waals surface area contributed by atoms with Crippen molar-refractivity contribution in [1.29, 1.82) is 0 Å². The van der Waals surface area contributed by atoms with Crippen LogP contribution >= 0.6 is 11.3 Å². The standard InChI is InChI=1S/C24H17N2OS.Ir/c1-15-7-5-8-16(2)23(15)27-24-20-14-18-10-4-3-9-17(18)13-19(20)22(25-26-24)21-11-6-12-28-21;/h3-10,12-14H,1-2H3;/q-1;. The van der Waals surface area contributed by atoms with Gasteiger partial charge in [-0.2, -0.15) is 12.1 Å². The second-order valence-corrected chi connectivity index (χ2v) is 7.73. The molecule has 145 valence electrons. The number of fused-ring (bicyclic) bond motifs is 2. The molecule has 5 heteroatoms. The monoisotopic (exact) mass is 574 g/mol. The molecule has 5 rings (SSSR count). The fraction of sp³-hybridized carbons (Fsp3) is 0.0833. The maximum Gasteiger partial charge on any atom is 0.244 e. The summed E-state index contributed by atoms with van der Waals surface area (Å²) in [6.07, 6.45) is 0. The normalized spacial score (nSPS) is 10.8. The van der Waals surface area contributed by atoms with Gasteiger partial charge in [0, 0.05) is 31.2 Å². The van der Waals surface area contributed by atoms with Gasteiger partial charge < -0.3 is 4.74 Å². The first kappa shape index (κ1) is 19.7. The van der Waals surface area contributed by atoms with Gasteiger partial charge in [0.25, 0.3) is 0 Å². The summed E-state index contributed by atoms with van der Waals surface area (Å²) in [6, 6.07) is 23.9. The van der Waals surface area contributed by atoms with E-state index in [4.69, 9.17) is 4.74 Å². The zero-order valence-corrected chi connectivity index (χ0v) is 19.1. The van der Waals surface area contributed by atoms with E-state index in [0.29, 0.717) is 5.88 Å². The molecule has 0 aliphatic heterocycles. The average Bonchev–Trinajstić information content (AvgIpc) is 3.24. The number of nitrogens with zero attached hydrogens (tertiary/aromatic N) is 2. The van der Waals surface area contributed by atoms with E-state index in [0.717, 1.165) is 43.6 Å². The molecule has 0 unspecified atom stereocenters. The number of para-hydroxylation sites is 1. The summed E-state index contributed by atoms with van der Waals surface area (Å²) >= 11 is 1.61. The third-order valence-corrected chi connectivity index (χ3v) is 5.72. The van der Waals surface area contributed by atoms with Crippen LogP contribution in [0.1, 0.15) is 11.1 Å². The molecule has 3 aromatic carbocycles. The van der Waals surface area contributed by atoms with Gasteiger partial charge in [-0.3, -0.25) is 0 Å². The molecular weight excluding hydrogens is 557 g/mol. The van der Waals surface area contributed by atoms with Crippen molar-refractivity contribution in [2.75, 3.05) is 0 Å². The number of hydrogen-bond donors (Lipinski definition) is 0. The Kier molecular flexibility index (Phi) is 5.46. The van der Waals surface area contributed by atoms with Crippen LogP contribution in [0.15, 0.2) is 66.0 Å². The van der Waals surface area contributed by atoms with Crippen molar-refractivity contribution in [2.45, 2.75) is 13.8 Å². The fourth-order valence-corrected chi connectivity index (χ4v) is 4.16. The van der Waals surface area contributed by atoms with Crippen LogP contribution < -0.4 is 4.74 Å². The predicted molar refractivity (Wildman–Crippen MR) is 115 cm³/mol. The minimum Gasteiger partial charge on any atom is -0.437 e. The third kappa shape index (κ3) is 3.57. The van der Waals surface area contributed by atoms with Gasteiger partial charge in [-0.15, -0.1) is 10.5 Å².